The van der Waals surface area contributed by atoms with Gasteiger partial charge in [-0.25, -0.2) is 0 Å². The van der Waals surface area contributed by atoms with Crippen LogP contribution in [0.2, 0.25) is 0 Å². The molecule has 0 aliphatic rings. The van der Waals surface area contributed by atoms with Crippen LogP contribution in [-0.4, -0.2) is 24.5 Å². The zero-order valence-corrected chi connectivity index (χ0v) is 7.24. The second-order valence-electron chi connectivity index (χ2n) is 1.19. The van der Waals surface area contributed by atoms with Crippen molar-refractivity contribution in [2.24, 2.45) is 0 Å². The van der Waals surface area contributed by atoms with Crippen molar-refractivity contribution in [1.29, 1.82) is 0 Å². The van der Waals surface area contributed by atoms with E-state index in [1.54, 1.807) is 0 Å². The summed E-state index contributed by atoms with van der Waals surface area (Å²) in [4.78, 5) is 0. The molecule has 0 radical (unpaired) electrons. The molecule has 0 heterocycles. The lowest BCUT2D eigenvalue weighted by atomic mass is 11.0. The van der Waals surface area contributed by atoms with E-state index in [-0.39, 0.29) is 5.75 Å². The Morgan fingerprint density at radius 2 is 1.56 bits per heavy atom. The van der Waals surface area contributed by atoms with Gasteiger partial charge in [-0.2, -0.15) is 21.0 Å². The fourth-order valence-electron chi connectivity index (χ4n) is 0. The molecule has 0 aromatic carbocycles. The zero-order chi connectivity index (χ0) is 7.91. The van der Waals surface area contributed by atoms with Crippen molar-refractivity contribution in [3.05, 3.63) is 0 Å². The van der Waals surface area contributed by atoms with Crippen LogP contribution in [0.3, 0.4) is 0 Å². The Bertz CT molecular complexity index is 127. The number of rotatable bonds is 1. The van der Waals surface area contributed by atoms with E-state index in [1.165, 1.54) is 6.92 Å². The zero-order valence-electron chi connectivity index (χ0n) is 5.53. The molecule has 1 N–H and O–H groups in total. The van der Waals surface area contributed by atoms with Gasteiger partial charge >= 0.3 is 0 Å². The second-order valence-corrected chi connectivity index (χ2v) is 3.56. The third-order valence-corrected chi connectivity index (χ3v) is 1.09. The second kappa shape index (κ2) is 6.38. The molecule has 0 saturated heterocycles. The average Bonchev–Trinajstić information content (AvgIpc) is 1.67. The highest BCUT2D eigenvalue weighted by Crippen LogP contribution is 1.74. The standard InChI is InChI=1S/C2H6O3S.C2H6S/c1-2-6(3,4)5;1-2-3/h2H2,1H3,(H,3,4,5);3H,2H2,1H3. The molecule has 5 heteroatoms. The Morgan fingerprint density at radius 3 is 1.56 bits per heavy atom. The van der Waals surface area contributed by atoms with Gasteiger partial charge in [0.15, 0.2) is 0 Å². The van der Waals surface area contributed by atoms with Crippen molar-refractivity contribution in [2.45, 2.75) is 13.8 Å². The molecule has 0 aliphatic carbocycles. The fraction of sp³-hybridized carbons (Fsp3) is 1.00. The van der Waals surface area contributed by atoms with Crippen molar-refractivity contribution < 1.29 is 13.0 Å². The van der Waals surface area contributed by atoms with Crippen molar-refractivity contribution >= 4 is 22.7 Å². The third kappa shape index (κ3) is 30.5. The molecule has 0 saturated carbocycles. The van der Waals surface area contributed by atoms with E-state index in [1.807, 2.05) is 6.92 Å². The lowest BCUT2D eigenvalue weighted by Crippen LogP contribution is -1.97. The summed E-state index contributed by atoms with van der Waals surface area (Å²) in [5, 5.41) is 0. The van der Waals surface area contributed by atoms with Crippen molar-refractivity contribution in [1.82, 2.24) is 0 Å². The van der Waals surface area contributed by atoms with Gasteiger partial charge in [0, 0.05) is 0 Å². The van der Waals surface area contributed by atoms with E-state index in [9.17, 15) is 8.42 Å². The SMILES string of the molecule is CCS.CCS(=O)(=O)O. The summed E-state index contributed by atoms with van der Waals surface area (Å²) in [6.45, 7) is 3.36. The summed E-state index contributed by atoms with van der Waals surface area (Å²) in [6, 6.07) is 0. The van der Waals surface area contributed by atoms with Crippen molar-refractivity contribution in [2.75, 3.05) is 11.5 Å². The van der Waals surface area contributed by atoms with Gasteiger partial charge in [-0.3, -0.25) is 4.55 Å². The lowest BCUT2D eigenvalue weighted by Gasteiger charge is -1.79. The van der Waals surface area contributed by atoms with E-state index in [2.05, 4.69) is 12.6 Å². The lowest BCUT2D eigenvalue weighted by molar-refractivity contribution is 0.484. The Balaban J connectivity index is 0. The summed E-state index contributed by atoms with van der Waals surface area (Å²) in [5.41, 5.74) is 0. The smallest absolute Gasteiger partial charge is 0.264 e. The molecule has 0 amide bonds. The predicted molar refractivity (Wildman–Crippen MR) is 41.6 cm³/mol. The highest BCUT2D eigenvalue weighted by molar-refractivity contribution is 7.85. The van der Waals surface area contributed by atoms with E-state index >= 15 is 0 Å². The van der Waals surface area contributed by atoms with Gasteiger partial charge in [-0.05, 0) is 12.7 Å². The van der Waals surface area contributed by atoms with Gasteiger partial charge in [-0.15, -0.1) is 0 Å². The van der Waals surface area contributed by atoms with Gasteiger partial charge in [0.1, 0.15) is 0 Å². The van der Waals surface area contributed by atoms with E-state index < -0.39 is 10.1 Å². The molecule has 0 aromatic rings. The van der Waals surface area contributed by atoms with Gasteiger partial charge in [0.05, 0.1) is 5.75 Å². The molecular formula is C4H12O3S2. The highest BCUT2D eigenvalue weighted by Gasteiger charge is 1.93. The highest BCUT2D eigenvalue weighted by atomic mass is 32.2. The molecule has 0 aliphatic heterocycles. The first-order valence-corrected chi connectivity index (χ1v) is 4.78. The summed E-state index contributed by atoms with van der Waals surface area (Å²) in [6.07, 6.45) is 0. The van der Waals surface area contributed by atoms with Crippen LogP contribution in [0, 0.1) is 0 Å². The van der Waals surface area contributed by atoms with E-state index in [4.69, 9.17) is 4.55 Å². The van der Waals surface area contributed by atoms with Crippen LogP contribution in [0.5, 0.6) is 0 Å². The maximum Gasteiger partial charge on any atom is 0.264 e. The molecule has 0 fully saturated rings. The monoisotopic (exact) mass is 172 g/mol. The molecule has 0 spiro atoms. The van der Waals surface area contributed by atoms with Gasteiger partial charge in [0.2, 0.25) is 0 Å². The van der Waals surface area contributed by atoms with Crippen LogP contribution in [0.4, 0.5) is 0 Å². The first kappa shape index (κ1) is 12.0. The molecule has 0 bridgehead atoms. The van der Waals surface area contributed by atoms with Crippen LogP contribution >= 0.6 is 12.6 Å². The van der Waals surface area contributed by atoms with E-state index in [0.29, 0.717) is 0 Å². The molecule has 0 aromatic heterocycles. The maximum atomic E-state index is 9.56. The Morgan fingerprint density at radius 1 is 1.44 bits per heavy atom. The van der Waals surface area contributed by atoms with Crippen molar-refractivity contribution in [3.8, 4) is 0 Å². The molecular weight excluding hydrogens is 160 g/mol. The van der Waals surface area contributed by atoms with Gasteiger partial charge in [-0.1, -0.05) is 6.92 Å². The average molecular weight is 172 g/mol. The van der Waals surface area contributed by atoms with Crippen molar-refractivity contribution in [3.63, 3.8) is 0 Å². The minimum Gasteiger partial charge on any atom is -0.286 e. The quantitative estimate of drug-likeness (QED) is 0.455. The molecule has 9 heavy (non-hydrogen) atoms. The number of thiol groups is 1. The first-order valence-electron chi connectivity index (χ1n) is 2.54. The minimum atomic E-state index is -3.66. The van der Waals surface area contributed by atoms with Crippen LogP contribution in [-0.2, 0) is 10.1 Å². The topological polar surface area (TPSA) is 54.4 Å². The molecule has 3 nitrogen and oxygen atoms in total. The molecule has 0 rings (SSSR count). The summed E-state index contributed by atoms with van der Waals surface area (Å²) < 4.78 is 26.9. The summed E-state index contributed by atoms with van der Waals surface area (Å²) in [5.74, 6) is 0.743. The Kier molecular flexibility index (Phi) is 8.50. The summed E-state index contributed by atoms with van der Waals surface area (Å²) in [7, 11) is -3.66. The fourth-order valence-corrected chi connectivity index (χ4v) is 0. The first-order chi connectivity index (χ1) is 3.97. The number of hydrogen-bond acceptors (Lipinski definition) is 3. The third-order valence-electron chi connectivity index (χ3n) is 0.365. The molecule has 0 atom stereocenters. The normalized spacial score (nSPS) is 9.78. The van der Waals surface area contributed by atoms with Crippen LogP contribution in [0.15, 0.2) is 0 Å². The van der Waals surface area contributed by atoms with Crippen LogP contribution < -0.4 is 0 Å². The predicted octanol–water partition coefficient (Wildman–Crippen LogP) is 0.830. The Labute approximate surface area is 61.6 Å². The van der Waals surface area contributed by atoms with Gasteiger partial charge in [0.25, 0.3) is 10.1 Å². The van der Waals surface area contributed by atoms with Gasteiger partial charge < -0.3 is 0 Å². The minimum absolute atomic E-state index is 0.201. The summed E-state index contributed by atoms with van der Waals surface area (Å²) >= 11 is 3.79. The van der Waals surface area contributed by atoms with Crippen LogP contribution in [0.25, 0.3) is 0 Å². The Hall–Kier alpha value is 0.260. The van der Waals surface area contributed by atoms with Crippen LogP contribution in [0.1, 0.15) is 13.8 Å². The number of hydrogen-bond donors (Lipinski definition) is 2. The van der Waals surface area contributed by atoms with E-state index in [0.717, 1.165) is 5.75 Å². The molecule has 58 valence electrons. The largest absolute Gasteiger partial charge is 0.286 e. The molecule has 0 unspecified atom stereocenters. The maximum absolute atomic E-state index is 9.56.